The van der Waals surface area contributed by atoms with Crippen molar-refractivity contribution in [1.29, 1.82) is 0 Å². The summed E-state index contributed by atoms with van der Waals surface area (Å²) in [6.07, 6.45) is 0. The molecule has 6 heteroatoms. The van der Waals surface area contributed by atoms with Gasteiger partial charge in [0.2, 0.25) is 0 Å². The predicted molar refractivity (Wildman–Crippen MR) is 106 cm³/mol. The number of rotatable bonds is 6. The van der Waals surface area contributed by atoms with Gasteiger partial charge in [-0.25, -0.2) is 4.39 Å². The minimum atomic E-state index is -0.236. The molecule has 1 heterocycles. The second kappa shape index (κ2) is 9.17. The molecule has 150 valence electrons. The molecule has 3 rings (SSSR count). The average Bonchev–Trinajstić information content (AvgIpc) is 2.70. The number of carbonyl (C=O) groups excluding carboxylic acids is 1. The van der Waals surface area contributed by atoms with Gasteiger partial charge in [-0.15, -0.1) is 0 Å². The van der Waals surface area contributed by atoms with Crippen molar-refractivity contribution in [2.75, 3.05) is 47.4 Å². The number of piperazine rings is 1. The van der Waals surface area contributed by atoms with Gasteiger partial charge < -0.3 is 19.4 Å². The smallest absolute Gasteiger partial charge is 0.285 e. The minimum Gasteiger partial charge on any atom is -0.496 e. The number of carbonyl (C=O) groups is 1. The highest BCUT2D eigenvalue weighted by atomic mass is 19.1. The van der Waals surface area contributed by atoms with Crippen LogP contribution in [0.15, 0.2) is 48.5 Å². The van der Waals surface area contributed by atoms with E-state index in [1.165, 1.54) is 15.9 Å². The van der Waals surface area contributed by atoms with Crippen LogP contribution in [0.1, 0.15) is 17.2 Å². The fourth-order valence-corrected chi connectivity index (χ4v) is 4.00. The molecule has 0 aromatic heterocycles. The van der Waals surface area contributed by atoms with Crippen molar-refractivity contribution in [2.45, 2.75) is 12.6 Å². The number of quaternary nitrogens is 2. The largest absolute Gasteiger partial charge is 0.496 e. The summed E-state index contributed by atoms with van der Waals surface area (Å²) in [5.41, 5.74) is 1.95. The summed E-state index contributed by atoms with van der Waals surface area (Å²) in [6.45, 7) is 4.38. The summed E-state index contributed by atoms with van der Waals surface area (Å²) in [7, 11) is 5.25. The highest BCUT2D eigenvalue weighted by Crippen LogP contribution is 2.18. The zero-order valence-electron chi connectivity index (χ0n) is 16.9. The average molecular weight is 387 g/mol. The third-order valence-electron chi connectivity index (χ3n) is 5.51. The van der Waals surface area contributed by atoms with Gasteiger partial charge in [-0.1, -0.05) is 30.3 Å². The van der Waals surface area contributed by atoms with E-state index in [-0.39, 0.29) is 17.8 Å². The number of methoxy groups -OCH3 is 1. The van der Waals surface area contributed by atoms with E-state index in [1.54, 1.807) is 24.1 Å². The van der Waals surface area contributed by atoms with Crippen molar-refractivity contribution in [1.82, 2.24) is 4.90 Å². The van der Waals surface area contributed by atoms with E-state index in [9.17, 15) is 9.18 Å². The Labute approximate surface area is 166 Å². The zero-order valence-corrected chi connectivity index (χ0v) is 16.9. The lowest BCUT2D eigenvalue weighted by molar-refractivity contribution is -1.03. The van der Waals surface area contributed by atoms with Gasteiger partial charge in [-0.05, 0) is 18.2 Å². The second-order valence-corrected chi connectivity index (χ2v) is 7.62. The number of ether oxygens (including phenoxy) is 1. The van der Waals surface area contributed by atoms with Gasteiger partial charge in [0, 0.05) is 19.7 Å². The molecule has 0 saturated carbocycles. The standard InChI is InChI=1S/C22H28FN3O2/c1-24(2)22(27)21(17-7-5-4-6-8-17)26-13-11-25(12-14-26)16-18-15-19(23)9-10-20(18)28-3/h4-10,15,21H,11-14,16H2,1-3H3/p+2/t21-/m0/s1. The van der Waals surface area contributed by atoms with Crippen LogP contribution in [0.4, 0.5) is 4.39 Å². The summed E-state index contributed by atoms with van der Waals surface area (Å²) >= 11 is 0. The van der Waals surface area contributed by atoms with Crippen LogP contribution >= 0.6 is 0 Å². The van der Waals surface area contributed by atoms with Crippen molar-refractivity contribution in [3.05, 3.63) is 65.5 Å². The van der Waals surface area contributed by atoms with Crippen LogP contribution in [-0.2, 0) is 11.3 Å². The lowest BCUT2D eigenvalue weighted by Crippen LogP contribution is -3.28. The molecular weight excluding hydrogens is 357 g/mol. The van der Waals surface area contributed by atoms with Crippen LogP contribution < -0.4 is 14.5 Å². The molecular formula is C22H30FN3O2+2. The van der Waals surface area contributed by atoms with Gasteiger partial charge in [0.05, 0.1) is 12.7 Å². The Bertz CT molecular complexity index is 790. The lowest BCUT2D eigenvalue weighted by Gasteiger charge is -2.35. The fraction of sp³-hybridized carbons (Fsp3) is 0.409. The number of hydrogen-bond acceptors (Lipinski definition) is 2. The topological polar surface area (TPSA) is 38.4 Å². The summed E-state index contributed by atoms with van der Waals surface area (Å²) < 4.78 is 19.0. The van der Waals surface area contributed by atoms with E-state index >= 15 is 0 Å². The van der Waals surface area contributed by atoms with Gasteiger partial charge in [0.25, 0.3) is 5.91 Å². The lowest BCUT2D eigenvalue weighted by atomic mass is 10.0. The quantitative estimate of drug-likeness (QED) is 0.730. The first-order chi connectivity index (χ1) is 13.5. The SMILES string of the molecule is COc1ccc(F)cc1C[NH+]1CC[NH+]([C@H](C(=O)N(C)C)c2ccccc2)CC1. The van der Waals surface area contributed by atoms with Crippen molar-refractivity contribution in [2.24, 2.45) is 0 Å². The fourth-order valence-electron chi connectivity index (χ4n) is 4.00. The first-order valence-electron chi connectivity index (χ1n) is 9.76. The second-order valence-electron chi connectivity index (χ2n) is 7.62. The first kappa shape index (κ1) is 20.3. The number of halogens is 1. The number of likely N-dealkylation sites (N-methyl/N-ethyl adjacent to an activating group) is 1. The molecule has 28 heavy (non-hydrogen) atoms. The molecule has 0 spiro atoms. The summed E-state index contributed by atoms with van der Waals surface area (Å²) in [6, 6.07) is 14.5. The third kappa shape index (κ3) is 4.69. The summed E-state index contributed by atoms with van der Waals surface area (Å²) in [5.74, 6) is 0.630. The number of nitrogens with one attached hydrogen (secondary N) is 2. The van der Waals surface area contributed by atoms with E-state index in [1.807, 2.05) is 44.4 Å². The highest BCUT2D eigenvalue weighted by Gasteiger charge is 2.36. The van der Waals surface area contributed by atoms with Gasteiger partial charge in [0.15, 0.2) is 6.04 Å². The number of nitrogens with zero attached hydrogens (tertiary/aromatic N) is 1. The molecule has 0 aliphatic carbocycles. The highest BCUT2D eigenvalue weighted by molar-refractivity contribution is 5.81. The molecule has 1 aliphatic heterocycles. The molecule has 2 aromatic rings. The van der Waals surface area contributed by atoms with E-state index in [4.69, 9.17) is 4.74 Å². The van der Waals surface area contributed by atoms with Crippen LogP contribution in [0.3, 0.4) is 0 Å². The van der Waals surface area contributed by atoms with Crippen molar-refractivity contribution in [3.63, 3.8) is 0 Å². The van der Waals surface area contributed by atoms with Crippen molar-refractivity contribution >= 4 is 5.91 Å². The Kier molecular flexibility index (Phi) is 6.65. The maximum atomic E-state index is 13.6. The molecule has 2 aromatic carbocycles. The van der Waals surface area contributed by atoms with Gasteiger partial charge in [-0.3, -0.25) is 4.79 Å². The Hall–Kier alpha value is -2.44. The van der Waals surface area contributed by atoms with E-state index in [0.717, 1.165) is 49.6 Å². The molecule has 1 aliphatic rings. The summed E-state index contributed by atoms with van der Waals surface area (Å²) in [4.78, 5) is 17.2. The Morgan fingerprint density at radius 1 is 1.11 bits per heavy atom. The van der Waals surface area contributed by atoms with Crippen LogP contribution in [0.2, 0.25) is 0 Å². The van der Waals surface area contributed by atoms with Crippen molar-refractivity contribution in [3.8, 4) is 5.75 Å². The van der Waals surface area contributed by atoms with Crippen LogP contribution in [-0.4, -0.2) is 58.2 Å². The normalized spacial score (nSPS) is 20.4. The van der Waals surface area contributed by atoms with Gasteiger partial charge in [0.1, 0.15) is 44.3 Å². The molecule has 0 bridgehead atoms. The number of amides is 1. The van der Waals surface area contributed by atoms with E-state index < -0.39 is 0 Å². The molecule has 0 unspecified atom stereocenters. The predicted octanol–water partition coefficient (Wildman–Crippen LogP) is -0.0528. The molecule has 1 saturated heterocycles. The minimum absolute atomic E-state index is 0.136. The third-order valence-corrected chi connectivity index (χ3v) is 5.51. The maximum absolute atomic E-state index is 13.6. The van der Waals surface area contributed by atoms with Gasteiger partial charge in [-0.2, -0.15) is 0 Å². The Morgan fingerprint density at radius 3 is 2.39 bits per heavy atom. The van der Waals surface area contributed by atoms with E-state index in [2.05, 4.69) is 0 Å². The van der Waals surface area contributed by atoms with Crippen LogP contribution in [0.5, 0.6) is 5.75 Å². The molecule has 1 fully saturated rings. The summed E-state index contributed by atoms with van der Waals surface area (Å²) in [5, 5.41) is 0. The van der Waals surface area contributed by atoms with Crippen LogP contribution in [0.25, 0.3) is 0 Å². The first-order valence-corrected chi connectivity index (χ1v) is 9.76. The Morgan fingerprint density at radius 2 is 1.79 bits per heavy atom. The van der Waals surface area contributed by atoms with E-state index in [0.29, 0.717) is 0 Å². The number of hydrogen-bond donors (Lipinski definition) is 2. The Balaban J connectivity index is 1.69. The molecule has 1 atom stereocenters. The van der Waals surface area contributed by atoms with Gasteiger partial charge >= 0.3 is 0 Å². The zero-order chi connectivity index (χ0) is 20.1. The van der Waals surface area contributed by atoms with Crippen LogP contribution in [0, 0.1) is 5.82 Å². The molecule has 1 amide bonds. The maximum Gasteiger partial charge on any atom is 0.285 e. The number of benzene rings is 2. The molecule has 2 N–H and O–H groups in total. The monoisotopic (exact) mass is 387 g/mol. The molecule has 0 radical (unpaired) electrons. The molecule has 5 nitrogen and oxygen atoms in total. The van der Waals surface area contributed by atoms with Crippen molar-refractivity contribution < 1.29 is 23.7 Å².